The van der Waals surface area contributed by atoms with Crippen LogP contribution in [0.25, 0.3) is 11.4 Å². The van der Waals surface area contributed by atoms with Crippen molar-refractivity contribution in [3.05, 3.63) is 54.5 Å². The molecule has 21 heavy (non-hydrogen) atoms. The Bertz CT molecular complexity index is 708. The van der Waals surface area contributed by atoms with E-state index in [1.165, 1.54) is 0 Å². The zero-order chi connectivity index (χ0) is 14.7. The Labute approximate surface area is 122 Å². The van der Waals surface area contributed by atoms with E-state index < -0.39 is 0 Å². The normalized spacial score (nSPS) is 12.1. The Kier molecular flexibility index (Phi) is 3.59. The molecule has 3 aromatic heterocycles. The average Bonchev–Trinajstić information content (AvgIpc) is 3.02. The predicted molar refractivity (Wildman–Crippen MR) is 80.6 cm³/mol. The third-order valence-corrected chi connectivity index (χ3v) is 3.09. The van der Waals surface area contributed by atoms with E-state index in [2.05, 4.69) is 30.2 Å². The Morgan fingerprint density at radius 1 is 1.14 bits per heavy atom. The first kappa shape index (κ1) is 13.2. The molecule has 0 fully saturated rings. The Balaban J connectivity index is 1.88. The second-order valence-electron chi connectivity index (χ2n) is 4.79. The van der Waals surface area contributed by atoms with Crippen molar-refractivity contribution in [2.75, 3.05) is 5.32 Å². The second kappa shape index (κ2) is 5.70. The first-order valence-corrected chi connectivity index (χ1v) is 6.74. The molecule has 6 nitrogen and oxygen atoms in total. The number of hydrogen-bond donors (Lipinski definition) is 2. The van der Waals surface area contributed by atoms with Crippen molar-refractivity contribution in [2.24, 2.45) is 0 Å². The molecule has 106 valence electrons. The highest BCUT2D eigenvalue weighted by atomic mass is 15.1. The maximum Gasteiger partial charge on any atom is 0.161 e. The van der Waals surface area contributed by atoms with Gasteiger partial charge in [0.2, 0.25) is 0 Å². The Morgan fingerprint density at radius 2 is 1.95 bits per heavy atom. The van der Waals surface area contributed by atoms with E-state index in [1.54, 1.807) is 24.8 Å². The standard InChI is InChI=1S/C15H16N6/c1-10-9-13(20-11(2)14-17-7-8-18-14)21-15(19-10)12-3-5-16-6-4-12/h3-9,11H,1-2H3,(H,17,18)(H,19,20,21). The summed E-state index contributed by atoms with van der Waals surface area (Å²) in [6.07, 6.45) is 7.02. The van der Waals surface area contributed by atoms with Crippen LogP contribution in [0, 0.1) is 6.92 Å². The number of imidazole rings is 1. The number of aromatic nitrogens is 5. The maximum atomic E-state index is 4.56. The largest absolute Gasteiger partial charge is 0.360 e. The molecule has 0 aromatic carbocycles. The number of nitrogens with one attached hydrogen (secondary N) is 2. The van der Waals surface area contributed by atoms with Gasteiger partial charge < -0.3 is 10.3 Å². The summed E-state index contributed by atoms with van der Waals surface area (Å²) in [7, 11) is 0. The van der Waals surface area contributed by atoms with Crippen LogP contribution in [0.3, 0.4) is 0 Å². The van der Waals surface area contributed by atoms with Crippen LogP contribution in [0.5, 0.6) is 0 Å². The lowest BCUT2D eigenvalue weighted by molar-refractivity contribution is 0.802. The fourth-order valence-electron chi connectivity index (χ4n) is 2.08. The minimum absolute atomic E-state index is 0.0413. The topological polar surface area (TPSA) is 79.4 Å². The second-order valence-corrected chi connectivity index (χ2v) is 4.79. The third-order valence-electron chi connectivity index (χ3n) is 3.09. The number of nitrogens with zero attached hydrogens (tertiary/aromatic N) is 4. The summed E-state index contributed by atoms with van der Waals surface area (Å²) >= 11 is 0. The number of aryl methyl sites for hydroxylation is 1. The van der Waals surface area contributed by atoms with Crippen molar-refractivity contribution in [1.29, 1.82) is 0 Å². The van der Waals surface area contributed by atoms with Crippen LogP contribution in [-0.4, -0.2) is 24.9 Å². The molecule has 2 N–H and O–H groups in total. The van der Waals surface area contributed by atoms with Gasteiger partial charge in [-0.15, -0.1) is 0 Å². The summed E-state index contributed by atoms with van der Waals surface area (Å²) in [5.74, 6) is 2.33. The van der Waals surface area contributed by atoms with Crippen LogP contribution in [0.1, 0.15) is 24.5 Å². The summed E-state index contributed by atoms with van der Waals surface area (Å²) in [5, 5.41) is 3.33. The molecule has 1 unspecified atom stereocenters. The lowest BCUT2D eigenvalue weighted by Gasteiger charge is -2.13. The van der Waals surface area contributed by atoms with Gasteiger partial charge in [0.05, 0.1) is 6.04 Å². The third kappa shape index (κ3) is 3.05. The van der Waals surface area contributed by atoms with Gasteiger partial charge in [-0.1, -0.05) is 0 Å². The average molecular weight is 280 g/mol. The highest BCUT2D eigenvalue weighted by molar-refractivity contribution is 5.56. The van der Waals surface area contributed by atoms with E-state index >= 15 is 0 Å². The number of pyridine rings is 1. The van der Waals surface area contributed by atoms with Crippen LogP contribution >= 0.6 is 0 Å². The smallest absolute Gasteiger partial charge is 0.161 e. The molecule has 3 rings (SSSR count). The molecule has 0 aliphatic heterocycles. The van der Waals surface area contributed by atoms with Crippen molar-refractivity contribution >= 4 is 5.82 Å². The summed E-state index contributed by atoms with van der Waals surface area (Å²) in [4.78, 5) is 20.4. The fourth-order valence-corrected chi connectivity index (χ4v) is 2.08. The number of rotatable bonds is 4. The summed E-state index contributed by atoms with van der Waals surface area (Å²) < 4.78 is 0. The molecule has 6 heteroatoms. The lowest BCUT2D eigenvalue weighted by Crippen LogP contribution is -2.10. The van der Waals surface area contributed by atoms with Gasteiger partial charge in [-0.3, -0.25) is 4.98 Å². The SMILES string of the molecule is Cc1cc(NC(C)c2ncc[nH]2)nc(-c2ccncc2)n1. The van der Waals surface area contributed by atoms with Gasteiger partial charge in [-0.05, 0) is 26.0 Å². The van der Waals surface area contributed by atoms with Gasteiger partial charge in [0.15, 0.2) is 5.82 Å². The number of aromatic amines is 1. The van der Waals surface area contributed by atoms with Crippen LogP contribution < -0.4 is 5.32 Å². The molecule has 3 heterocycles. The first-order chi connectivity index (χ1) is 10.2. The van der Waals surface area contributed by atoms with Crippen molar-refractivity contribution in [2.45, 2.75) is 19.9 Å². The molecule has 0 saturated heterocycles. The molecule has 1 atom stereocenters. The zero-order valence-corrected chi connectivity index (χ0v) is 11.9. The van der Waals surface area contributed by atoms with Gasteiger partial charge in [0.1, 0.15) is 11.6 Å². The van der Waals surface area contributed by atoms with Gasteiger partial charge >= 0.3 is 0 Å². The monoisotopic (exact) mass is 280 g/mol. The highest BCUT2D eigenvalue weighted by Crippen LogP contribution is 2.19. The number of anilines is 1. The summed E-state index contributed by atoms with van der Waals surface area (Å²) in [6.45, 7) is 3.98. The maximum absolute atomic E-state index is 4.56. The predicted octanol–water partition coefficient (Wildman–Crippen LogP) is 2.74. The number of H-pyrrole nitrogens is 1. The van der Waals surface area contributed by atoms with E-state index in [-0.39, 0.29) is 6.04 Å². The molecule has 3 aromatic rings. The minimum Gasteiger partial charge on any atom is -0.360 e. The van der Waals surface area contributed by atoms with Crippen LogP contribution in [0.15, 0.2) is 43.0 Å². The molecule has 0 saturated carbocycles. The molecule has 0 bridgehead atoms. The van der Waals surface area contributed by atoms with Gasteiger partial charge in [0, 0.05) is 42.1 Å². The minimum atomic E-state index is 0.0413. The molecule has 0 aliphatic carbocycles. The van der Waals surface area contributed by atoms with E-state index in [0.717, 1.165) is 22.9 Å². The molecule has 0 spiro atoms. The van der Waals surface area contributed by atoms with Crippen molar-refractivity contribution in [3.63, 3.8) is 0 Å². The quantitative estimate of drug-likeness (QED) is 0.768. The zero-order valence-electron chi connectivity index (χ0n) is 11.9. The molecular weight excluding hydrogens is 264 g/mol. The molecule has 0 aliphatic rings. The van der Waals surface area contributed by atoms with E-state index in [1.807, 2.05) is 32.0 Å². The van der Waals surface area contributed by atoms with E-state index in [0.29, 0.717) is 5.82 Å². The summed E-state index contributed by atoms with van der Waals surface area (Å²) in [6, 6.07) is 5.76. The van der Waals surface area contributed by atoms with E-state index in [4.69, 9.17) is 0 Å². The number of hydrogen-bond acceptors (Lipinski definition) is 5. The summed E-state index contributed by atoms with van der Waals surface area (Å²) in [5.41, 5.74) is 1.85. The molecular formula is C15H16N6. The molecule has 0 amide bonds. The van der Waals surface area contributed by atoms with Gasteiger partial charge in [0.25, 0.3) is 0 Å². The highest BCUT2D eigenvalue weighted by Gasteiger charge is 2.10. The molecule has 0 radical (unpaired) electrons. The van der Waals surface area contributed by atoms with Crippen LogP contribution in [0.4, 0.5) is 5.82 Å². The van der Waals surface area contributed by atoms with Crippen LogP contribution in [0.2, 0.25) is 0 Å². The Morgan fingerprint density at radius 3 is 2.67 bits per heavy atom. The van der Waals surface area contributed by atoms with Crippen molar-refractivity contribution < 1.29 is 0 Å². The first-order valence-electron chi connectivity index (χ1n) is 6.74. The Hall–Kier alpha value is -2.76. The van der Waals surface area contributed by atoms with Crippen LogP contribution in [-0.2, 0) is 0 Å². The fraction of sp³-hybridized carbons (Fsp3) is 0.200. The van der Waals surface area contributed by atoms with Gasteiger partial charge in [-0.25, -0.2) is 15.0 Å². The van der Waals surface area contributed by atoms with E-state index in [9.17, 15) is 0 Å². The van der Waals surface area contributed by atoms with Crippen molar-refractivity contribution in [1.82, 2.24) is 24.9 Å². The van der Waals surface area contributed by atoms with Crippen molar-refractivity contribution in [3.8, 4) is 11.4 Å². The lowest BCUT2D eigenvalue weighted by atomic mass is 10.2. The van der Waals surface area contributed by atoms with Gasteiger partial charge in [-0.2, -0.15) is 0 Å².